The summed E-state index contributed by atoms with van der Waals surface area (Å²) in [6.07, 6.45) is 0. The maximum absolute atomic E-state index is 11.4. The molecule has 0 spiro atoms. The molecule has 0 bridgehead atoms. The van der Waals surface area contributed by atoms with E-state index in [1.807, 2.05) is 0 Å². The third kappa shape index (κ3) is 2.91. The molecule has 5 heteroatoms. The van der Waals surface area contributed by atoms with Crippen molar-refractivity contribution in [1.29, 1.82) is 0 Å². The van der Waals surface area contributed by atoms with Crippen molar-refractivity contribution >= 4 is 23.1 Å². The first kappa shape index (κ1) is 10.9. The number of hydrogen-bond donors (Lipinski definition) is 2. The molecule has 0 aliphatic rings. The second kappa shape index (κ2) is 4.90. The van der Waals surface area contributed by atoms with E-state index in [9.17, 15) is 9.59 Å². The summed E-state index contributed by atoms with van der Waals surface area (Å²) < 4.78 is 0. The van der Waals surface area contributed by atoms with E-state index < -0.39 is 17.4 Å². The van der Waals surface area contributed by atoms with Gasteiger partial charge in [-0.25, -0.2) is 0 Å². The van der Waals surface area contributed by atoms with Crippen molar-refractivity contribution in [2.45, 2.75) is 6.92 Å². The number of ketones is 1. The van der Waals surface area contributed by atoms with E-state index in [4.69, 9.17) is 5.21 Å². The number of amides is 1. The Labute approximate surface area is 86.4 Å². The summed E-state index contributed by atoms with van der Waals surface area (Å²) >= 11 is 0. The molecule has 0 aromatic heterocycles. The van der Waals surface area contributed by atoms with E-state index in [-0.39, 0.29) is 0 Å². The molecule has 0 unspecified atom stereocenters. The van der Waals surface area contributed by atoms with E-state index in [0.29, 0.717) is 5.69 Å². The van der Waals surface area contributed by atoms with Gasteiger partial charge in [0, 0.05) is 12.6 Å². The molecule has 78 valence electrons. The lowest BCUT2D eigenvalue weighted by atomic mass is 10.2. The quantitative estimate of drug-likeness (QED) is 0.335. The molecule has 0 aliphatic heterocycles. The number of para-hydroxylation sites is 1. The monoisotopic (exact) mass is 206 g/mol. The number of anilines is 1. The molecule has 1 aromatic carbocycles. The molecule has 0 radical (unpaired) electrons. The molecule has 1 amide bonds. The highest BCUT2D eigenvalue weighted by molar-refractivity contribution is 6.67. The maximum Gasteiger partial charge on any atom is 0.281 e. The molecule has 0 aliphatic carbocycles. The van der Waals surface area contributed by atoms with Crippen LogP contribution in [-0.2, 0) is 9.59 Å². The third-order valence-corrected chi connectivity index (χ3v) is 1.68. The Balaban J connectivity index is 2.76. The largest absolute Gasteiger partial charge is 0.410 e. The van der Waals surface area contributed by atoms with E-state index in [1.165, 1.54) is 0 Å². The number of Topliss-reactive ketones (excluding diaryl/α,β-unsaturated/α-hetero) is 1. The zero-order valence-corrected chi connectivity index (χ0v) is 8.10. The minimum Gasteiger partial charge on any atom is -0.410 e. The zero-order valence-electron chi connectivity index (χ0n) is 8.10. The van der Waals surface area contributed by atoms with Crippen LogP contribution >= 0.6 is 0 Å². The molecule has 0 saturated carbocycles. The highest BCUT2D eigenvalue weighted by atomic mass is 16.4. The zero-order chi connectivity index (χ0) is 11.3. The van der Waals surface area contributed by atoms with Crippen LogP contribution in [-0.4, -0.2) is 22.6 Å². The van der Waals surface area contributed by atoms with Crippen molar-refractivity contribution in [3.63, 3.8) is 0 Å². The second-order valence-electron chi connectivity index (χ2n) is 2.82. The molecule has 5 nitrogen and oxygen atoms in total. The first-order chi connectivity index (χ1) is 7.15. The summed E-state index contributed by atoms with van der Waals surface area (Å²) in [6, 6.07) is 8.58. The van der Waals surface area contributed by atoms with Gasteiger partial charge in [0.15, 0.2) is 5.78 Å². The lowest BCUT2D eigenvalue weighted by molar-refractivity contribution is -0.114. The topological polar surface area (TPSA) is 78.8 Å². The van der Waals surface area contributed by atoms with Crippen LogP contribution in [0.2, 0.25) is 0 Å². The molecular formula is C10H10N2O3. The molecule has 15 heavy (non-hydrogen) atoms. The van der Waals surface area contributed by atoms with Gasteiger partial charge < -0.3 is 10.5 Å². The molecular weight excluding hydrogens is 196 g/mol. The Morgan fingerprint density at radius 1 is 1.27 bits per heavy atom. The maximum atomic E-state index is 11.4. The minimum absolute atomic E-state index is 0.515. The number of nitrogens with one attached hydrogen (secondary N) is 1. The van der Waals surface area contributed by atoms with Gasteiger partial charge in [-0.2, -0.15) is 0 Å². The van der Waals surface area contributed by atoms with Crippen LogP contribution in [0.5, 0.6) is 0 Å². The van der Waals surface area contributed by atoms with Crippen LogP contribution < -0.4 is 5.32 Å². The second-order valence-corrected chi connectivity index (χ2v) is 2.82. The highest BCUT2D eigenvalue weighted by Gasteiger charge is 2.16. The minimum atomic E-state index is -0.726. The Kier molecular flexibility index (Phi) is 3.56. The van der Waals surface area contributed by atoms with Gasteiger partial charge >= 0.3 is 0 Å². The summed E-state index contributed by atoms with van der Waals surface area (Å²) in [5.41, 5.74) is 0.0174. The van der Waals surface area contributed by atoms with Gasteiger partial charge in [-0.1, -0.05) is 23.4 Å². The molecule has 0 heterocycles. The van der Waals surface area contributed by atoms with Gasteiger partial charge in [0.2, 0.25) is 5.71 Å². The average Bonchev–Trinajstić information content (AvgIpc) is 2.19. The molecule has 2 N–H and O–H groups in total. The summed E-state index contributed by atoms with van der Waals surface area (Å²) in [5.74, 6) is -1.32. The van der Waals surface area contributed by atoms with Gasteiger partial charge in [0.25, 0.3) is 5.91 Å². The van der Waals surface area contributed by atoms with Gasteiger partial charge in [0.1, 0.15) is 0 Å². The molecule has 1 aromatic rings. The van der Waals surface area contributed by atoms with Gasteiger partial charge in [-0.3, -0.25) is 9.59 Å². The van der Waals surface area contributed by atoms with Crippen LogP contribution in [0.1, 0.15) is 6.92 Å². The predicted molar refractivity (Wildman–Crippen MR) is 55.0 cm³/mol. The molecule has 0 fully saturated rings. The average molecular weight is 206 g/mol. The van der Waals surface area contributed by atoms with E-state index >= 15 is 0 Å². The van der Waals surface area contributed by atoms with Gasteiger partial charge in [-0.05, 0) is 12.1 Å². The van der Waals surface area contributed by atoms with Crippen molar-refractivity contribution in [2.75, 3.05) is 5.32 Å². The van der Waals surface area contributed by atoms with Crippen LogP contribution in [0, 0.1) is 0 Å². The summed E-state index contributed by atoms with van der Waals surface area (Å²) in [5, 5.41) is 13.5. The number of rotatable bonds is 3. The summed E-state index contributed by atoms with van der Waals surface area (Å²) in [7, 11) is 0. The van der Waals surface area contributed by atoms with Crippen LogP contribution in [0.25, 0.3) is 0 Å². The van der Waals surface area contributed by atoms with Crippen molar-refractivity contribution in [1.82, 2.24) is 0 Å². The first-order valence-electron chi connectivity index (χ1n) is 4.24. The molecule has 0 saturated heterocycles. The first-order valence-corrected chi connectivity index (χ1v) is 4.24. The highest BCUT2D eigenvalue weighted by Crippen LogP contribution is 2.04. The smallest absolute Gasteiger partial charge is 0.281 e. The molecule has 1 rings (SSSR count). The van der Waals surface area contributed by atoms with Crippen molar-refractivity contribution in [2.24, 2.45) is 5.16 Å². The number of oxime groups is 1. The van der Waals surface area contributed by atoms with E-state index in [2.05, 4.69) is 10.5 Å². The Morgan fingerprint density at radius 2 is 1.87 bits per heavy atom. The Hall–Kier alpha value is -2.17. The lowest BCUT2D eigenvalue weighted by Gasteiger charge is -2.03. The van der Waals surface area contributed by atoms with E-state index in [0.717, 1.165) is 6.92 Å². The number of benzene rings is 1. The lowest BCUT2D eigenvalue weighted by Crippen LogP contribution is -2.28. The van der Waals surface area contributed by atoms with Crippen molar-refractivity contribution in [3.05, 3.63) is 30.3 Å². The third-order valence-electron chi connectivity index (χ3n) is 1.68. The predicted octanol–water partition coefficient (Wildman–Crippen LogP) is 1.04. The van der Waals surface area contributed by atoms with Crippen LogP contribution in [0.15, 0.2) is 35.5 Å². The van der Waals surface area contributed by atoms with Gasteiger partial charge in [0.05, 0.1) is 0 Å². The molecule has 0 atom stereocenters. The standard InChI is InChI=1S/C10H10N2O3/c1-7(13)9(12-15)10(14)11-8-5-3-2-4-6-8/h2-6,15H,1H3,(H,11,14)/b12-9+. The van der Waals surface area contributed by atoms with Crippen LogP contribution in [0.3, 0.4) is 0 Å². The fraction of sp³-hybridized carbons (Fsp3) is 0.100. The number of nitrogens with zero attached hydrogens (tertiary/aromatic N) is 1. The number of carbonyl (C=O) groups excluding carboxylic acids is 2. The van der Waals surface area contributed by atoms with Crippen LogP contribution in [0.4, 0.5) is 5.69 Å². The van der Waals surface area contributed by atoms with Gasteiger partial charge in [-0.15, -0.1) is 0 Å². The fourth-order valence-corrected chi connectivity index (χ4v) is 0.987. The number of carbonyl (C=O) groups is 2. The van der Waals surface area contributed by atoms with E-state index in [1.54, 1.807) is 30.3 Å². The fourth-order valence-electron chi connectivity index (χ4n) is 0.987. The Morgan fingerprint density at radius 3 is 2.33 bits per heavy atom. The summed E-state index contributed by atoms with van der Waals surface area (Å²) in [6.45, 7) is 1.15. The normalized spacial score (nSPS) is 10.9. The van der Waals surface area contributed by atoms with Crippen molar-refractivity contribution < 1.29 is 14.8 Å². The van der Waals surface area contributed by atoms with Crippen molar-refractivity contribution in [3.8, 4) is 0 Å². The Bertz CT molecular complexity index is 398. The summed E-state index contributed by atoms with van der Waals surface area (Å²) in [4.78, 5) is 22.2. The number of hydrogen-bond acceptors (Lipinski definition) is 4. The SMILES string of the molecule is CC(=O)/C(=N\O)C(=O)Nc1ccccc1.